The molecule has 3 rings (SSSR count). The summed E-state index contributed by atoms with van der Waals surface area (Å²) in [5.41, 5.74) is -0.225. The van der Waals surface area contributed by atoms with E-state index in [0.717, 1.165) is 58.2 Å². The molecule has 1 aliphatic carbocycles. The molecule has 2 saturated heterocycles. The fourth-order valence-corrected chi connectivity index (χ4v) is 4.85. The summed E-state index contributed by atoms with van der Waals surface area (Å²) in [5, 5.41) is 0. The highest BCUT2D eigenvalue weighted by Crippen LogP contribution is 2.39. The van der Waals surface area contributed by atoms with Gasteiger partial charge in [0.25, 0.3) is 0 Å². The van der Waals surface area contributed by atoms with Gasteiger partial charge in [0.1, 0.15) is 0 Å². The molecule has 0 aromatic rings. The first-order valence-electron chi connectivity index (χ1n) is 9.74. The van der Waals surface area contributed by atoms with Crippen molar-refractivity contribution in [3.8, 4) is 0 Å². The average Bonchev–Trinajstić information content (AvgIpc) is 2.91. The van der Waals surface area contributed by atoms with E-state index in [4.69, 9.17) is 4.74 Å². The van der Waals surface area contributed by atoms with Crippen LogP contribution in [0.4, 0.5) is 0 Å². The van der Waals surface area contributed by atoms with Crippen LogP contribution in [0.5, 0.6) is 0 Å². The van der Waals surface area contributed by atoms with Crippen LogP contribution in [-0.4, -0.2) is 60.5 Å². The van der Waals surface area contributed by atoms with Crippen LogP contribution in [-0.2, 0) is 14.3 Å². The molecule has 2 amide bonds. The van der Waals surface area contributed by atoms with E-state index in [1.165, 1.54) is 19.3 Å². The lowest BCUT2D eigenvalue weighted by Gasteiger charge is -2.46. The van der Waals surface area contributed by atoms with Gasteiger partial charge in [-0.1, -0.05) is 19.3 Å². The first-order valence-corrected chi connectivity index (χ1v) is 9.74. The van der Waals surface area contributed by atoms with E-state index >= 15 is 0 Å². The second-order valence-corrected chi connectivity index (χ2v) is 7.84. The molecule has 0 radical (unpaired) electrons. The van der Waals surface area contributed by atoms with Crippen LogP contribution in [0.1, 0.15) is 64.2 Å². The number of carbonyl (C=O) groups is 2. The van der Waals surface area contributed by atoms with Gasteiger partial charge < -0.3 is 14.5 Å². The number of methoxy groups -OCH3 is 1. The maximum absolute atomic E-state index is 13.2. The Morgan fingerprint density at radius 1 is 1.21 bits per heavy atom. The Balaban J connectivity index is 1.69. The molecule has 5 nitrogen and oxygen atoms in total. The molecule has 24 heavy (non-hydrogen) atoms. The Hall–Kier alpha value is -1.10. The Morgan fingerprint density at radius 3 is 2.75 bits per heavy atom. The quantitative estimate of drug-likeness (QED) is 0.725. The van der Waals surface area contributed by atoms with Crippen molar-refractivity contribution in [3.63, 3.8) is 0 Å². The number of rotatable bonds is 5. The van der Waals surface area contributed by atoms with E-state index in [9.17, 15) is 9.59 Å². The number of ether oxygens (including phenoxy) is 1. The minimum atomic E-state index is -0.225. The van der Waals surface area contributed by atoms with E-state index in [1.54, 1.807) is 7.11 Å². The molecule has 0 N–H and O–H groups in total. The summed E-state index contributed by atoms with van der Waals surface area (Å²) < 4.78 is 5.11. The lowest BCUT2D eigenvalue weighted by molar-refractivity contribution is -0.145. The zero-order valence-corrected chi connectivity index (χ0v) is 15.1. The Morgan fingerprint density at radius 2 is 2.00 bits per heavy atom. The molecular formula is C19H32N2O3. The minimum Gasteiger partial charge on any atom is -0.385 e. The number of hydrogen-bond acceptors (Lipinski definition) is 3. The third kappa shape index (κ3) is 3.61. The molecular weight excluding hydrogens is 304 g/mol. The maximum atomic E-state index is 13.2. The molecule has 1 atom stereocenters. The minimum absolute atomic E-state index is 0.200. The van der Waals surface area contributed by atoms with Crippen molar-refractivity contribution in [2.24, 2.45) is 5.92 Å². The molecule has 136 valence electrons. The van der Waals surface area contributed by atoms with Gasteiger partial charge in [0.15, 0.2) is 0 Å². The lowest BCUT2D eigenvalue weighted by atomic mass is 9.82. The van der Waals surface area contributed by atoms with Gasteiger partial charge in [-0.25, -0.2) is 0 Å². The van der Waals surface area contributed by atoms with Crippen LogP contribution in [0, 0.1) is 5.92 Å². The smallest absolute Gasteiger partial charge is 0.226 e. The summed E-state index contributed by atoms with van der Waals surface area (Å²) in [7, 11) is 1.69. The Kier molecular flexibility index (Phi) is 5.80. The van der Waals surface area contributed by atoms with E-state index in [1.807, 2.05) is 4.90 Å². The zero-order chi connectivity index (χ0) is 17.0. The second-order valence-electron chi connectivity index (χ2n) is 7.84. The van der Waals surface area contributed by atoms with Crippen LogP contribution in [0.3, 0.4) is 0 Å². The van der Waals surface area contributed by atoms with Gasteiger partial charge in [0.2, 0.25) is 11.8 Å². The van der Waals surface area contributed by atoms with Gasteiger partial charge in [0.05, 0.1) is 12.0 Å². The van der Waals surface area contributed by atoms with E-state index in [2.05, 4.69) is 4.90 Å². The van der Waals surface area contributed by atoms with Gasteiger partial charge >= 0.3 is 0 Å². The summed E-state index contributed by atoms with van der Waals surface area (Å²) in [6, 6.07) is 0. The van der Waals surface area contributed by atoms with Crippen molar-refractivity contribution in [1.29, 1.82) is 0 Å². The van der Waals surface area contributed by atoms with Crippen molar-refractivity contribution in [1.82, 2.24) is 9.80 Å². The SMILES string of the molecule is COCCCN1CC2(CCCCN2C(=O)C2CCCCC2)CC1=O. The first-order chi connectivity index (χ1) is 11.7. The highest BCUT2D eigenvalue weighted by molar-refractivity contribution is 5.85. The van der Waals surface area contributed by atoms with Crippen LogP contribution in [0.25, 0.3) is 0 Å². The van der Waals surface area contributed by atoms with Crippen molar-refractivity contribution in [3.05, 3.63) is 0 Å². The van der Waals surface area contributed by atoms with Crippen LogP contribution >= 0.6 is 0 Å². The molecule has 0 bridgehead atoms. The van der Waals surface area contributed by atoms with E-state index in [0.29, 0.717) is 18.9 Å². The predicted molar refractivity (Wildman–Crippen MR) is 92.6 cm³/mol. The topological polar surface area (TPSA) is 49.9 Å². The van der Waals surface area contributed by atoms with Crippen LogP contribution < -0.4 is 0 Å². The zero-order valence-electron chi connectivity index (χ0n) is 15.1. The van der Waals surface area contributed by atoms with Crippen LogP contribution in [0.15, 0.2) is 0 Å². The molecule has 5 heteroatoms. The Labute approximate surface area is 145 Å². The highest BCUT2D eigenvalue weighted by Gasteiger charge is 2.50. The normalized spacial score (nSPS) is 28.8. The van der Waals surface area contributed by atoms with Gasteiger partial charge in [-0.3, -0.25) is 9.59 Å². The predicted octanol–water partition coefficient (Wildman–Crippen LogP) is 2.59. The molecule has 3 fully saturated rings. The fraction of sp³-hybridized carbons (Fsp3) is 0.895. The van der Waals surface area contributed by atoms with Crippen molar-refractivity contribution >= 4 is 11.8 Å². The Bertz CT molecular complexity index is 462. The third-order valence-electron chi connectivity index (χ3n) is 6.16. The number of nitrogens with zero attached hydrogens (tertiary/aromatic N) is 2. The monoisotopic (exact) mass is 336 g/mol. The second kappa shape index (κ2) is 7.85. The number of carbonyl (C=O) groups excluding carboxylic acids is 2. The largest absolute Gasteiger partial charge is 0.385 e. The van der Waals surface area contributed by atoms with E-state index < -0.39 is 0 Å². The number of hydrogen-bond donors (Lipinski definition) is 0. The van der Waals surface area contributed by atoms with Crippen molar-refractivity contribution in [2.75, 3.05) is 33.4 Å². The molecule has 1 unspecified atom stereocenters. The fourth-order valence-electron chi connectivity index (χ4n) is 4.85. The molecule has 0 aromatic heterocycles. The molecule has 3 aliphatic rings. The van der Waals surface area contributed by atoms with Crippen molar-refractivity contribution < 1.29 is 14.3 Å². The van der Waals surface area contributed by atoms with Crippen molar-refractivity contribution in [2.45, 2.75) is 69.7 Å². The van der Waals surface area contributed by atoms with Gasteiger partial charge in [-0.2, -0.15) is 0 Å². The summed E-state index contributed by atoms with van der Waals surface area (Å²) in [6.07, 6.45) is 10.3. The number of likely N-dealkylation sites (tertiary alicyclic amines) is 2. The average molecular weight is 336 g/mol. The van der Waals surface area contributed by atoms with Gasteiger partial charge in [0, 0.05) is 39.3 Å². The summed E-state index contributed by atoms with van der Waals surface area (Å²) in [5.74, 6) is 0.752. The van der Waals surface area contributed by atoms with Gasteiger partial charge in [-0.05, 0) is 38.5 Å². The number of piperidine rings is 1. The first kappa shape index (κ1) is 17.7. The summed E-state index contributed by atoms with van der Waals surface area (Å²) in [6.45, 7) is 3.00. The third-order valence-corrected chi connectivity index (χ3v) is 6.16. The molecule has 2 aliphatic heterocycles. The summed E-state index contributed by atoms with van der Waals surface area (Å²) >= 11 is 0. The van der Waals surface area contributed by atoms with E-state index in [-0.39, 0.29) is 17.4 Å². The molecule has 1 spiro atoms. The number of amides is 2. The maximum Gasteiger partial charge on any atom is 0.226 e. The van der Waals surface area contributed by atoms with Crippen LogP contribution in [0.2, 0.25) is 0 Å². The molecule has 1 saturated carbocycles. The lowest BCUT2D eigenvalue weighted by Crippen LogP contribution is -2.57. The summed E-state index contributed by atoms with van der Waals surface area (Å²) in [4.78, 5) is 29.8. The van der Waals surface area contributed by atoms with Gasteiger partial charge in [-0.15, -0.1) is 0 Å². The molecule has 2 heterocycles. The highest BCUT2D eigenvalue weighted by atomic mass is 16.5. The standard InChI is InChI=1S/C19H32N2O3/c1-24-13-7-11-20-15-19(14-17(20)22)10-5-6-12-21(19)18(23)16-8-3-2-4-9-16/h16H,2-15H2,1H3. The molecule has 0 aromatic carbocycles.